The molecule has 2 aromatic carbocycles. The van der Waals surface area contributed by atoms with E-state index in [-0.39, 0.29) is 18.1 Å². The number of hydrogen-bond acceptors (Lipinski definition) is 5. The molecule has 7 nitrogen and oxygen atoms in total. The van der Waals surface area contributed by atoms with Crippen LogP contribution in [-0.2, 0) is 9.53 Å². The van der Waals surface area contributed by atoms with Gasteiger partial charge in [-0.3, -0.25) is 9.69 Å². The molecule has 0 bridgehead atoms. The number of benzene rings is 2. The van der Waals surface area contributed by atoms with Gasteiger partial charge in [-0.25, -0.2) is 4.99 Å². The molecule has 1 fully saturated rings. The Morgan fingerprint density at radius 3 is 2.90 bits per heavy atom. The molecule has 2 N–H and O–H groups in total. The first-order valence-corrected chi connectivity index (χ1v) is 9.86. The number of nitrogens with zero attached hydrogens (tertiary/aromatic N) is 3. The number of ether oxygens (including phenoxy) is 2. The van der Waals surface area contributed by atoms with Gasteiger partial charge in [0.2, 0.25) is 6.41 Å². The average molecular weight is 404 g/mol. The smallest absolute Gasteiger partial charge is 0.216 e. The van der Waals surface area contributed by atoms with Crippen LogP contribution in [0.4, 0.5) is 0 Å². The summed E-state index contributed by atoms with van der Waals surface area (Å²) in [6.07, 6.45) is 1.34. The molecule has 0 spiro atoms. The monoisotopic (exact) mass is 404 g/mol. The highest BCUT2D eigenvalue weighted by molar-refractivity contribution is 5.87. The van der Waals surface area contributed by atoms with E-state index in [0.717, 1.165) is 28.9 Å². The van der Waals surface area contributed by atoms with Crippen molar-refractivity contribution >= 4 is 12.4 Å². The highest BCUT2D eigenvalue weighted by Crippen LogP contribution is 2.52. The highest BCUT2D eigenvalue weighted by atomic mass is 16.5. The maximum absolute atomic E-state index is 11.2. The third kappa shape index (κ3) is 3.40. The van der Waals surface area contributed by atoms with Crippen LogP contribution in [0, 0.1) is 16.7 Å². The Labute approximate surface area is 175 Å². The van der Waals surface area contributed by atoms with Crippen LogP contribution >= 0.6 is 0 Å². The molecule has 154 valence electrons. The van der Waals surface area contributed by atoms with Crippen molar-refractivity contribution in [1.29, 1.82) is 5.26 Å². The van der Waals surface area contributed by atoms with Crippen LogP contribution in [0.25, 0.3) is 11.1 Å². The molecule has 4 rings (SSSR count). The summed E-state index contributed by atoms with van der Waals surface area (Å²) in [7, 11) is 1.58. The van der Waals surface area contributed by atoms with Gasteiger partial charge in [0, 0.05) is 19.0 Å². The molecule has 30 heavy (non-hydrogen) atoms. The van der Waals surface area contributed by atoms with Crippen LogP contribution in [0.5, 0.6) is 5.75 Å². The van der Waals surface area contributed by atoms with Crippen LogP contribution in [0.1, 0.15) is 30.5 Å². The maximum atomic E-state index is 11.2. The summed E-state index contributed by atoms with van der Waals surface area (Å²) >= 11 is 0. The molecule has 1 unspecified atom stereocenters. The van der Waals surface area contributed by atoms with Crippen molar-refractivity contribution in [2.75, 3.05) is 20.3 Å². The number of fused-ring (bicyclic) bond motifs is 2. The molecule has 2 aliphatic heterocycles. The van der Waals surface area contributed by atoms with E-state index in [1.807, 2.05) is 36.4 Å². The van der Waals surface area contributed by atoms with Crippen molar-refractivity contribution in [1.82, 2.24) is 4.90 Å². The minimum Gasteiger partial charge on any atom is -0.489 e. The number of carbonyl (C=O) groups excluding carboxylic acids is 1. The number of rotatable bonds is 3. The summed E-state index contributed by atoms with van der Waals surface area (Å²) in [6.45, 7) is 3.21. The first-order valence-electron chi connectivity index (χ1n) is 9.86. The van der Waals surface area contributed by atoms with Crippen molar-refractivity contribution in [2.24, 2.45) is 16.1 Å². The van der Waals surface area contributed by atoms with Gasteiger partial charge in [-0.15, -0.1) is 0 Å². The van der Waals surface area contributed by atoms with Gasteiger partial charge in [-0.05, 0) is 35.4 Å². The summed E-state index contributed by atoms with van der Waals surface area (Å²) in [5.74, 6) is 0.903. The molecule has 2 heterocycles. The molecule has 1 saturated heterocycles. The van der Waals surface area contributed by atoms with E-state index in [1.54, 1.807) is 13.1 Å². The normalized spacial score (nSPS) is 25.3. The topological polar surface area (TPSA) is 101 Å². The van der Waals surface area contributed by atoms with E-state index in [0.29, 0.717) is 25.2 Å². The van der Waals surface area contributed by atoms with Crippen molar-refractivity contribution in [3.63, 3.8) is 0 Å². The van der Waals surface area contributed by atoms with Gasteiger partial charge in [0.1, 0.15) is 11.9 Å². The van der Waals surface area contributed by atoms with E-state index in [4.69, 9.17) is 20.2 Å². The van der Waals surface area contributed by atoms with E-state index >= 15 is 0 Å². The van der Waals surface area contributed by atoms with Gasteiger partial charge in [0.05, 0.1) is 36.3 Å². The second kappa shape index (κ2) is 7.81. The van der Waals surface area contributed by atoms with Crippen LogP contribution in [0.15, 0.2) is 47.5 Å². The quantitative estimate of drug-likeness (QED) is 0.482. The summed E-state index contributed by atoms with van der Waals surface area (Å²) < 4.78 is 12.1. The minimum atomic E-state index is -0.424. The highest BCUT2D eigenvalue weighted by Gasteiger charge is 2.50. The molecule has 0 aromatic heterocycles. The third-order valence-corrected chi connectivity index (χ3v) is 5.98. The van der Waals surface area contributed by atoms with Gasteiger partial charge < -0.3 is 15.2 Å². The number of nitrogens with two attached hydrogens (primary N) is 1. The molecular formula is C23H24N4O3. The average Bonchev–Trinajstić information content (AvgIpc) is 2.78. The predicted molar refractivity (Wildman–Crippen MR) is 113 cm³/mol. The second-order valence-electron chi connectivity index (χ2n) is 8.00. The summed E-state index contributed by atoms with van der Waals surface area (Å²) in [6, 6.07) is 15.3. The zero-order valence-corrected chi connectivity index (χ0v) is 17.0. The lowest BCUT2D eigenvalue weighted by Gasteiger charge is -2.48. The van der Waals surface area contributed by atoms with Gasteiger partial charge in [-0.2, -0.15) is 5.26 Å². The summed E-state index contributed by atoms with van der Waals surface area (Å²) in [5, 5.41) is 9.23. The van der Waals surface area contributed by atoms with E-state index in [9.17, 15) is 10.1 Å². The molecule has 0 aliphatic carbocycles. The Kier molecular flexibility index (Phi) is 5.18. The van der Waals surface area contributed by atoms with Gasteiger partial charge in [0.25, 0.3) is 0 Å². The van der Waals surface area contributed by atoms with Crippen LogP contribution < -0.4 is 10.5 Å². The Hall–Kier alpha value is -3.37. The number of nitriles is 1. The lowest BCUT2D eigenvalue weighted by Crippen LogP contribution is -2.51. The molecule has 0 saturated carbocycles. The molecule has 1 amide bonds. The van der Waals surface area contributed by atoms with Crippen molar-refractivity contribution < 1.29 is 14.3 Å². The molecule has 0 radical (unpaired) electrons. The van der Waals surface area contributed by atoms with Crippen LogP contribution in [0.2, 0.25) is 0 Å². The first kappa shape index (κ1) is 19.9. The first-order chi connectivity index (χ1) is 14.5. The number of aliphatic imine (C=N–C) groups is 1. The lowest BCUT2D eigenvalue weighted by atomic mass is 9.70. The van der Waals surface area contributed by atoms with Crippen LogP contribution in [-0.4, -0.2) is 43.6 Å². The lowest BCUT2D eigenvalue weighted by molar-refractivity contribution is -0.114. The van der Waals surface area contributed by atoms with Crippen molar-refractivity contribution in [3.05, 3.63) is 53.6 Å². The van der Waals surface area contributed by atoms with Gasteiger partial charge in [-0.1, -0.05) is 25.1 Å². The largest absolute Gasteiger partial charge is 0.489 e. The number of amides is 1. The maximum Gasteiger partial charge on any atom is 0.216 e. The zero-order chi connectivity index (χ0) is 21.3. The number of carbonyl (C=O) groups is 1. The molecule has 2 aromatic rings. The standard InChI is InChI=1S/C23H24N4O3/c1-23-13-29-9-8-20(23)30-19-7-6-17(16-5-3-4-15(10-16)12-24)11-18(19)21(23)26-22(25)27(2)14-28/h3-7,10-11,14,20-21H,8-9,13H2,1-2H3,(H2,25,26)/t20-,21-,23?/m0/s1. The predicted octanol–water partition coefficient (Wildman–Crippen LogP) is 2.86. The SMILES string of the molecule is CN(C=O)C(N)=N[C@H]1c2cc(-c3cccc(C#N)c3)ccc2O[C@H]2CCOCC21C. The number of hydrogen-bond donors (Lipinski definition) is 1. The molecule has 3 atom stereocenters. The minimum absolute atomic E-state index is 0.0606. The Bertz CT molecular complexity index is 1040. The number of guanidine groups is 1. The molecule has 7 heteroatoms. The van der Waals surface area contributed by atoms with Crippen molar-refractivity contribution in [2.45, 2.75) is 25.5 Å². The van der Waals surface area contributed by atoms with Crippen molar-refractivity contribution in [3.8, 4) is 22.9 Å². The van der Waals surface area contributed by atoms with Gasteiger partial charge in [0.15, 0.2) is 5.96 Å². The fourth-order valence-corrected chi connectivity index (χ4v) is 4.17. The molecule has 2 aliphatic rings. The van der Waals surface area contributed by atoms with E-state index < -0.39 is 5.41 Å². The van der Waals surface area contributed by atoms with Crippen LogP contribution in [0.3, 0.4) is 0 Å². The van der Waals surface area contributed by atoms with Gasteiger partial charge >= 0.3 is 0 Å². The Balaban J connectivity index is 1.85. The third-order valence-electron chi connectivity index (χ3n) is 5.98. The summed E-state index contributed by atoms with van der Waals surface area (Å²) in [4.78, 5) is 17.2. The van der Waals surface area contributed by atoms with E-state index in [1.165, 1.54) is 4.90 Å². The summed E-state index contributed by atoms with van der Waals surface area (Å²) in [5.41, 5.74) is 9.06. The second-order valence-corrected chi connectivity index (χ2v) is 8.00. The fourth-order valence-electron chi connectivity index (χ4n) is 4.17. The van der Waals surface area contributed by atoms with E-state index in [2.05, 4.69) is 13.0 Å². The zero-order valence-electron chi connectivity index (χ0n) is 17.0. The Morgan fingerprint density at radius 2 is 2.13 bits per heavy atom. The fraction of sp³-hybridized carbons (Fsp3) is 0.348. The Morgan fingerprint density at radius 1 is 1.33 bits per heavy atom. The molecular weight excluding hydrogens is 380 g/mol.